The van der Waals surface area contributed by atoms with Gasteiger partial charge in [-0.2, -0.15) is 0 Å². The number of para-hydroxylation sites is 1. The minimum atomic E-state index is -0.283. The van der Waals surface area contributed by atoms with Crippen molar-refractivity contribution in [1.82, 2.24) is 0 Å². The van der Waals surface area contributed by atoms with Crippen molar-refractivity contribution in [3.05, 3.63) is 92.4 Å². The van der Waals surface area contributed by atoms with Crippen molar-refractivity contribution in [2.45, 2.75) is 23.5 Å². The van der Waals surface area contributed by atoms with E-state index in [1.165, 1.54) is 11.8 Å². The Morgan fingerprint density at radius 2 is 1.64 bits per heavy atom. The monoisotopic (exact) mass is 449 g/mol. The molecule has 0 aliphatic rings. The molecule has 0 aliphatic carbocycles. The van der Waals surface area contributed by atoms with E-state index >= 15 is 0 Å². The molecule has 3 rings (SSSR count). The Balaban J connectivity index is 1.97. The molecule has 0 heterocycles. The van der Waals surface area contributed by atoms with Gasteiger partial charge < -0.3 is 5.73 Å². The highest BCUT2D eigenvalue weighted by molar-refractivity contribution is 7.99. The van der Waals surface area contributed by atoms with Crippen molar-refractivity contribution in [2.24, 2.45) is 0 Å². The number of nitrogen functional groups attached to an aromatic ring is 1. The van der Waals surface area contributed by atoms with E-state index in [0.717, 1.165) is 16.0 Å². The maximum atomic E-state index is 13.0. The number of aryl methyl sites for hydroxylation is 1. The second kappa shape index (κ2) is 9.23. The molecule has 0 fully saturated rings. The normalized spacial score (nSPS) is 12.0. The molecule has 0 aliphatic heterocycles. The molecule has 1 unspecified atom stereocenters. The van der Waals surface area contributed by atoms with Gasteiger partial charge in [0.15, 0.2) is 5.78 Å². The average molecular weight is 451 g/mol. The number of anilines is 1. The highest BCUT2D eigenvalue weighted by Crippen LogP contribution is 2.45. The first kappa shape index (κ1) is 21.1. The molecule has 0 aromatic heterocycles. The highest BCUT2D eigenvalue weighted by Gasteiger charge is 2.24. The number of hydrogen-bond acceptors (Lipinski definition) is 3. The number of benzene rings is 3. The first-order valence-electron chi connectivity index (χ1n) is 8.61. The molecule has 1 atom stereocenters. The van der Waals surface area contributed by atoms with Crippen LogP contribution < -0.4 is 5.73 Å². The van der Waals surface area contributed by atoms with Gasteiger partial charge in [0.2, 0.25) is 0 Å². The molecule has 28 heavy (non-hydrogen) atoms. The second-order valence-electron chi connectivity index (χ2n) is 6.37. The van der Waals surface area contributed by atoms with Crippen LogP contribution >= 0.6 is 46.6 Å². The number of rotatable bonds is 6. The van der Waals surface area contributed by atoms with Crippen LogP contribution in [0.2, 0.25) is 15.1 Å². The quantitative estimate of drug-likeness (QED) is 0.238. The number of halogens is 3. The fraction of sp³-hybridized carbons (Fsp3) is 0.136. The summed E-state index contributed by atoms with van der Waals surface area (Å²) in [4.78, 5) is 13.9. The zero-order chi connectivity index (χ0) is 20.3. The summed E-state index contributed by atoms with van der Waals surface area (Å²) in [6.45, 7) is 1.88. The Morgan fingerprint density at radius 1 is 0.964 bits per heavy atom. The van der Waals surface area contributed by atoms with Gasteiger partial charge in [-0.25, -0.2) is 0 Å². The Kier molecular flexibility index (Phi) is 6.95. The summed E-state index contributed by atoms with van der Waals surface area (Å²) in [5.41, 5.74) is 8.97. The van der Waals surface area contributed by atoms with Gasteiger partial charge in [0.1, 0.15) is 0 Å². The van der Waals surface area contributed by atoms with Crippen LogP contribution in [-0.4, -0.2) is 5.78 Å². The third-order valence-corrected chi connectivity index (χ3v) is 6.76. The third-order valence-electron chi connectivity index (χ3n) is 4.36. The lowest BCUT2D eigenvalue weighted by molar-refractivity contribution is 0.0982. The standard InChI is InChI=1S/C22H18Cl3NOS/c1-13-11-14(9-10-15(13)23)19(27)12-21(22-16(24)5-4-6-17(22)25)28-20-8-3-2-7-18(20)26/h2-11,21H,12,26H2,1H3. The van der Waals surface area contributed by atoms with Gasteiger partial charge in [-0.15, -0.1) is 11.8 Å². The molecule has 3 aromatic carbocycles. The maximum absolute atomic E-state index is 13.0. The van der Waals surface area contributed by atoms with Crippen LogP contribution in [0.4, 0.5) is 5.69 Å². The SMILES string of the molecule is Cc1cc(C(=O)CC(Sc2ccccc2N)c2c(Cl)cccc2Cl)ccc1Cl. The Morgan fingerprint density at radius 3 is 2.29 bits per heavy atom. The van der Waals surface area contributed by atoms with E-state index < -0.39 is 0 Å². The van der Waals surface area contributed by atoms with E-state index in [-0.39, 0.29) is 17.5 Å². The van der Waals surface area contributed by atoms with Gasteiger partial charge >= 0.3 is 0 Å². The number of ketones is 1. The molecular weight excluding hydrogens is 433 g/mol. The molecule has 0 radical (unpaired) electrons. The molecule has 2 nitrogen and oxygen atoms in total. The van der Waals surface area contributed by atoms with Crippen LogP contribution in [0.3, 0.4) is 0 Å². The minimum absolute atomic E-state index is 0.0113. The highest BCUT2D eigenvalue weighted by atomic mass is 35.5. The summed E-state index contributed by atoms with van der Waals surface area (Å²) >= 11 is 20.5. The lowest BCUT2D eigenvalue weighted by atomic mass is 10.0. The summed E-state index contributed by atoms with van der Waals surface area (Å²) in [6.07, 6.45) is 0.226. The largest absolute Gasteiger partial charge is 0.398 e. The predicted octanol–water partition coefficient (Wildman–Crippen LogP) is 7.64. The first-order chi connectivity index (χ1) is 13.4. The van der Waals surface area contributed by atoms with Crippen LogP contribution in [0.1, 0.15) is 33.2 Å². The van der Waals surface area contributed by atoms with Crippen LogP contribution in [0.5, 0.6) is 0 Å². The number of carbonyl (C=O) groups is 1. The number of carbonyl (C=O) groups excluding carboxylic acids is 1. The molecule has 0 saturated heterocycles. The molecule has 144 valence electrons. The van der Waals surface area contributed by atoms with Gasteiger partial charge in [-0.05, 0) is 55.0 Å². The van der Waals surface area contributed by atoms with Gasteiger partial charge in [-0.3, -0.25) is 4.79 Å². The lowest BCUT2D eigenvalue weighted by Gasteiger charge is -2.20. The number of thioether (sulfide) groups is 1. The Hall–Kier alpha value is -1.65. The minimum Gasteiger partial charge on any atom is -0.398 e. The Bertz CT molecular complexity index is 1000. The van der Waals surface area contributed by atoms with E-state index in [0.29, 0.717) is 26.3 Å². The van der Waals surface area contributed by atoms with E-state index in [1.807, 2.05) is 31.2 Å². The van der Waals surface area contributed by atoms with Gasteiger partial charge in [0, 0.05) is 48.4 Å². The molecule has 6 heteroatoms. The molecule has 0 bridgehead atoms. The smallest absolute Gasteiger partial charge is 0.164 e. The molecule has 0 amide bonds. The summed E-state index contributed by atoms with van der Waals surface area (Å²) in [5.74, 6) is -0.0113. The first-order valence-corrected chi connectivity index (χ1v) is 10.6. The number of Topliss-reactive ketones (excluding diaryl/α,β-unsaturated/α-hetero) is 1. The van der Waals surface area contributed by atoms with E-state index in [4.69, 9.17) is 40.5 Å². The third kappa shape index (κ3) is 4.84. The van der Waals surface area contributed by atoms with Crippen molar-refractivity contribution in [3.63, 3.8) is 0 Å². The van der Waals surface area contributed by atoms with Crippen LogP contribution in [0.15, 0.2) is 65.6 Å². The number of nitrogens with two attached hydrogens (primary N) is 1. The maximum Gasteiger partial charge on any atom is 0.164 e. The van der Waals surface area contributed by atoms with Crippen molar-refractivity contribution in [3.8, 4) is 0 Å². The molecule has 0 spiro atoms. The van der Waals surface area contributed by atoms with Crippen molar-refractivity contribution < 1.29 is 4.79 Å². The second-order valence-corrected chi connectivity index (χ2v) is 8.84. The summed E-state index contributed by atoms with van der Waals surface area (Å²) in [7, 11) is 0. The van der Waals surface area contributed by atoms with Crippen molar-refractivity contribution in [2.75, 3.05) is 5.73 Å². The molecule has 3 aromatic rings. The number of hydrogen-bond donors (Lipinski definition) is 1. The summed E-state index contributed by atoms with van der Waals surface area (Å²) in [6, 6.07) is 18.2. The van der Waals surface area contributed by atoms with E-state index in [1.54, 1.807) is 36.4 Å². The predicted molar refractivity (Wildman–Crippen MR) is 121 cm³/mol. The van der Waals surface area contributed by atoms with Gasteiger partial charge in [0.25, 0.3) is 0 Å². The zero-order valence-corrected chi connectivity index (χ0v) is 18.2. The zero-order valence-electron chi connectivity index (χ0n) is 15.1. The summed E-state index contributed by atoms with van der Waals surface area (Å²) < 4.78 is 0. The van der Waals surface area contributed by atoms with E-state index in [9.17, 15) is 4.79 Å². The van der Waals surface area contributed by atoms with Crippen LogP contribution in [0.25, 0.3) is 0 Å². The summed E-state index contributed by atoms with van der Waals surface area (Å²) in [5, 5.41) is 1.40. The molecule has 2 N–H and O–H groups in total. The molecular formula is C22H18Cl3NOS. The van der Waals surface area contributed by atoms with Crippen molar-refractivity contribution >= 4 is 58.0 Å². The van der Waals surface area contributed by atoms with Gasteiger partial charge in [-0.1, -0.05) is 53.0 Å². The Labute approximate surface area is 184 Å². The van der Waals surface area contributed by atoms with Crippen molar-refractivity contribution in [1.29, 1.82) is 0 Å². The van der Waals surface area contributed by atoms with Crippen LogP contribution in [0, 0.1) is 6.92 Å². The molecule has 0 saturated carbocycles. The topological polar surface area (TPSA) is 43.1 Å². The van der Waals surface area contributed by atoms with Crippen LogP contribution in [-0.2, 0) is 0 Å². The fourth-order valence-corrected chi connectivity index (χ4v) is 5.05. The van der Waals surface area contributed by atoms with E-state index in [2.05, 4.69) is 0 Å². The fourth-order valence-electron chi connectivity index (χ4n) is 2.87. The average Bonchev–Trinajstić information content (AvgIpc) is 2.65. The van der Waals surface area contributed by atoms with Gasteiger partial charge in [0.05, 0.1) is 0 Å². The lowest BCUT2D eigenvalue weighted by Crippen LogP contribution is -2.07.